The number of hydrogen-bond donors (Lipinski definition) is 2. The average Bonchev–Trinajstić information content (AvgIpc) is 2.56. The molecule has 1 aliphatic heterocycles. The van der Waals surface area contributed by atoms with E-state index in [1.165, 1.54) is 0 Å². The summed E-state index contributed by atoms with van der Waals surface area (Å²) in [5, 5.41) is 9.57. The van der Waals surface area contributed by atoms with Gasteiger partial charge < -0.3 is 9.84 Å². The van der Waals surface area contributed by atoms with Crippen LogP contribution in [0.4, 0.5) is 5.88 Å². The normalized spacial score (nSPS) is 15.8. The molecule has 5 nitrogen and oxygen atoms in total. The Labute approximate surface area is 98.3 Å². The number of carbonyl (C=O) groups excluding carboxylic acids is 1. The number of anilines is 1. The van der Waals surface area contributed by atoms with E-state index in [1.807, 2.05) is 6.92 Å². The molecule has 1 aliphatic rings. The highest BCUT2D eigenvalue weighted by Crippen LogP contribution is 2.13. The minimum atomic E-state index is -0.0339. The van der Waals surface area contributed by atoms with Crippen LogP contribution in [-0.2, 0) is 4.79 Å². The van der Waals surface area contributed by atoms with E-state index in [9.17, 15) is 4.79 Å². The summed E-state index contributed by atoms with van der Waals surface area (Å²) >= 11 is 1.66. The lowest BCUT2D eigenvalue weighted by Gasteiger charge is -2.26. The zero-order valence-corrected chi connectivity index (χ0v) is 9.97. The molecule has 1 amide bonds. The predicted octanol–water partition coefficient (Wildman–Crippen LogP) is 0.874. The molecular weight excluding hydrogens is 226 g/mol. The smallest absolute Gasteiger partial charge is 0.236 e. The largest absolute Gasteiger partial charge is 0.338 e. The number of amides is 1. The van der Waals surface area contributed by atoms with Crippen LogP contribution in [0.1, 0.15) is 5.69 Å². The van der Waals surface area contributed by atoms with E-state index in [1.54, 1.807) is 17.8 Å². The molecule has 2 heterocycles. The Morgan fingerprint density at radius 3 is 3.12 bits per heavy atom. The van der Waals surface area contributed by atoms with Crippen molar-refractivity contribution in [2.24, 2.45) is 5.92 Å². The molecule has 6 heteroatoms. The molecule has 2 rings (SSSR count). The van der Waals surface area contributed by atoms with E-state index >= 15 is 0 Å². The van der Waals surface area contributed by atoms with Crippen molar-refractivity contribution in [1.29, 1.82) is 0 Å². The molecular formula is C10H15N3O2S. The molecule has 1 aromatic rings. The predicted molar refractivity (Wildman–Crippen MR) is 63.6 cm³/mol. The van der Waals surface area contributed by atoms with Gasteiger partial charge in [0.15, 0.2) is 0 Å². The topological polar surface area (TPSA) is 67.2 Å². The number of aryl methyl sites for hydroxylation is 1. The number of rotatable bonds is 5. The first-order chi connectivity index (χ1) is 7.74. The van der Waals surface area contributed by atoms with Crippen LogP contribution in [-0.4, -0.2) is 35.7 Å². The molecule has 0 aliphatic carbocycles. The monoisotopic (exact) mass is 241 g/mol. The molecule has 2 N–H and O–H groups in total. The molecule has 88 valence electrons. The lowest BCUT2D eigenvalue weighted by Crippen LogP contribution is -2.43. The molecule has 0 atom stereocenters. The van der Waals surface area contributed by atoms with E-state index in [4.69, 9.17) is 4.52 Å². The second kappa shape index (κ2) is 5.36. The summed E-state index contributed by atoms with van der Waals surface area (Å²) in [7, 11) is 0. The van der Waals surface area contributed by atoms with Crippen LogP contribution in [0, 0.1) is 12.8 Å². The summed E-state index contributed by atoms with van der Waals surface area (Å²) in [4.78, 5) is 11.5. The van der Waals surface area contributed by atoms with Crippen LogP contribution in [0.5, 0.6) is 0 Å². The summed E-state index contributed by atoms with van der Waals surface area (Å²) in [6, 6.07) is 1.71. The number of aromatic nitrogens is 1. The van der Waals surface area contributed by atoms with E-state index in [-0.39, 0.29) is 5.91 Å². The van der Waals surface area contributed by atoms with Gasteiger partial charge in [0, 0.05) is 6.07 Å². The lowest BCUT2D eigenvalue weighted by atomic mass is 10.1. The maximum absolute atomic E-state index is 11.5. The third-order valence-corrected chi connectivity index (χ3v) is 3.52. The fourth-order valence-electron chi connectivity index (χ4n) is 1.38. The highest BCUT2D eigenvalue weighted by molar-refractivity contribution is 7.99. The van der Waals surface area contributed by atoms with E-state index in [2.05, 4.69) is 15.8 Å². The number of nitrogens with one attached hydrogen (secondary N) is 2. The molecule has 1 fully saturated rings. The Bertz CT molecular complexity index is 363. The van der Waals surface area contributed by atoms with Crippen LogP contribution < -0.4 is 10.6 Å². The first kappa shape index (κ1) is 11.5. The van der Waals surface area contributed by atoms with Crippen LogP contribution in [0.25, 0.3) is 0 Å². The third-order valence-electron chi connectivity index (χ3n) is 2.34. The van der Waals surface area contributed by atoms with Gasteiger partial charge in [0.2, 0.25) is 11.8 Å². The van der Waals surface area contributed by atoms with Crippen molar-refractivity contribution in [1.82, 2.24) is 10.5 Å². The van der Waals surface area contributed by atoms with Crippen LogP contribution in [0.3, 0.4) is 0 Å². The molecule has 0 bridgehead atoms. The highest BCUT2D eigenvalue weighted by atomic mass is 32.2. The Morgan fingerprint density at radius 1 is 1.75 bits per heavy atom. The number of hydrogen-bond acceptors (Lipinski definition) is 5. The number of thioether (sulfide) groups is 1. The average molecular weight is 241 g/mol. The van der Waals surface area contributed by atoms with Gasteiger partial charge in [0.1, 0.15) is 0 Å². The first-order valence-corrected chi connectivity index (χ1v) is 6.41. The van der Waals surface area contributed by atoms with Gasteiger partial charge in [-0.1, -0.05) is 5.16 Å². The summed E-state index contributed by atoms with van der Waals surface area (Å²) in [5.41, 5.74) is 0.767. The van der Waals surface area contributed by atoms with Crippen LogP contribution in [0.15, 0.2) is 10.6 Å². The summed E-state index contributed by atoms with van der Waals surface area (Å²) in [5.74, 6) is 2.62. The lowest BCUT2D eigenvalue weighted by molar-refractivity contribution is -0.113. The van der Waals surface area contributed by atoms with Gasteiger partial charge in [-0.15, -0.1) is 0 Å². The van der Waals surface area contributed by atoms with E-state index in [0.717, 1.165) is 30.5 Å². The summed E-state index contributed by atoms with van der Waals surface area (Å²) in [6.45, 7) is 3.98. The molecule has 0 unspecified atom stereocenters. The van der Waals surface area contributed by atoms with Crippen molar-refractivity contribution in [3.8, 4) is 0 Å². The van der Waals surface area contributed by atoms with Gasteiger partial charge in [-0.25, -0.2) is 0 Å². The van der Waals surface area contributed by atoms with Gasteiger partial charge >= 0.3 is 0 Å². The number of carbonyl (C=O) groups is 1. The quantitative estimate of drug-likeness (QED) is 0.801. The van der Waals surface area contributed by atoms with Crippen molar-refractivity contribution in [2.75, 3.05) is 29.9 Å². The van der Waals surface area contributed by atoms with Gasteiger partial charge in [-0.2, -0.15) is 11.8 Å². The van der Waals surface area contributed by atoms with Crippen molar-refractivity contribution in [3.05, 3.63) is 11.8 Å². The Kier molecular flexibility index (Phi) is 3.84. The van der Waals surface area contributed by atoms with Crippen LogP contribution in [0.2, 0.25) is 0 Å². The number of nitrogens with zero attached hydrogens (tertiary/aromatic N) is 1. The van der Waals surface area contributed by atoms with E-state index in [0.29, 0.717) is 11.6 Å². The van der Waals surface area contributed by atoms with Crippen molar-refractivity contribution in [2.45, 2.75) is 6.92 Å². The summed E-state index contributed by atoms with van der Waals surface area (Å²) < 4.78 is 4.89. The third kappa shape index (κ3) is 3.24. The fourth-order valence-corrected chi connectivity index (χ4v) is 2.33. The second-order valence-electron chi connectivity index (χ2n) is 3.92. The minimum Gasteiger partial charge on any atom is -0.338 e. The molecule has 1 saturated heterocycles. The zero-order valence-electron chi connectivity index (χ0n) is 9.16. The molecule has 1 aromatic heterocycles. The molecule has 0 radical (unpaired) electrons. The van der Waals surface area contributed by atoms with Gasteiger partial charge in [-0.05, 0) is 31.7 Å². The van der Waals surface area contributed by atoms with Gasteiger partial charge in [0.25, 0.3) is 0 Å². The van der Waals surface area contributed by atoms with E-state index < -0.39 is 0 Å². The van der Waals surface area contributed by atoms with Gasteiger partial charge in [0.05, 0.1) is 11.4 Å². The van der Waals surface area contributed by atoms with Crippen molar-refractivity contribution in [3.63, 3.8) is 0 Å². The fraction of sp³-hybridized carbons (Fsp3) is 0.600. The Morgan fingerprint density at radius 2 is 2.56 bits per heavy atom. The minimum absolute atomic E-state index is 0.0339. The molecule has 0 spiro atoms. The maximum Gasteiger partial charge on any atom is 0.236 e. The molecule has 0 saturated carbocycles. The van der Waals surface area contributed by atoms with Gasteiger partial charge in [-0.3, -0.25) is 10.1 Å². The van der Waals surface area contributed by atoms with Crippen molar-refractivity contribution < 1.29 is 9.32 Å². The standard InChI is InChI=1S/C10H15N3O2S/c1-7-2-10(15-13-7)12-9(14)6-16-5-8-3-11-4-8/h2,8,11H,3-6H2,1H3,(H,12,14). The highest BCUT2D eigenvalue weighted by Gasteiger charge is 2.16. The molecule has 16 heavy (non-hydrogen) atoms. The SMILES string of the molecule is Cc1cc(NC(=O)CSCC2CNC2)on1. The maximum atomic E-state index is 11.5. The first-order valence-electron chi connectivity index (χ1n) is 5.25. The zero-order chi connectivity index (χ0) is 11.4. The summed E-state index contributed by atoms with van der Waals surface area (Å²) in [6.07, 6.45) is 0. The van der Waals surface area contributed by atoms with Crippen LogP contribution >= 0.6 is 11.8 Å². The second-order valence-corrected chi connectivity index (χ2v) is 4.95. The molecule has 0 aromatic carbocycles. The Hall–Kier alpha value is -1.01. The van der Waals surface area contributed by atoms with Crippen molar-refractivity contribution >= 4 is 23.6 Å². The Balaban J connectivity index is 1.63.